The van der Waals surface area contributed by atoms with Gasteiger partial charge >= 0.3 is 0 Å². The zero-order valence-electron chi connectivity index (χ0n) is 13.3. The Morgan fingerprint density at radius 3 is 2.67 bits per heavy atom. The molecule has 0 amide bonds. The predicted molar refractivity (Wildman–Crippen MR) is 98.1 cm³/mol. The number of nitrogens with zero attached hydrogens (tertiary/aromatic N) is 6. The van der Waals surface area contributed by atoms with Crippen molar-refractivity contribution in [1.82, 2.24) is 19.9 Å². The molecule has 0 unspecified atom stereocenters. The van der Waals surface area contributed by atoms with E-state index < -0.39 is 0 Å². The van der Waals surface area contributed by atoms with E-state index >= 15 is 0 Å². The number of piperidine rings is 1. The molecular weight excluding hydrogens is 344 g/mol. The Balaban J connectivity index is 1.47. The van der Waals surface area contributed by atoms with Crippen LogP contribution in [-0.4, -0.2) is 46.1 Å². The Labute approximate surface area is 149 Å². The molecule has 0 bridgehead atoms. The molecule has 24 heavy (non-hydrogen) atoms. The van der Waals surface area contributed by atoms with Crippen molar-refractivity contribution in [2.75, 3.05) is 29.9 Å². The van der Waals surface area contributed by atoms with E-state index in [-0.39, 0.29) is 0 Å². The van der Waals surface area contributed by atoms with E-state index in [1.54, 1.807) is 30.1 Å². The largest absolute Gasteiger partial charge is 0.355 e. The van der Waals surface area contributed by atoms with Crippen molar-refractivity contribution in [1.29, 1.82) is 0 Å². The van der Waals surface area contributed by atoms with Gasteiger partial charge in [0.15, 0.2) is 0 Å². The van der Waals surface area contributed by atoms with E-state index in [0.29, 0.717) is 11.1 Å². The van der Waals surface area contributed by atoms with Crippen molar-refractivity contribution in [2.45, 2.75) is 18.9 Å². The standard InChI is InChI=1S/C16H17ClN6S/c1-22(16-18-8-11(17)9-19-16)12-2-5-23(6-3-12)15-14-13(4-7-24-14)20-10-21-15/h4,7-10,12H,2-3,5-6H2,1H3. The minimum atomic E-state index is 0.420. The summed E-state index contributed by atoms with van der Waals surface area (Å²) in [5.74, 6) is 1.78. The van der Waals surface area contributed by atoms with Gasteiger partial charge in [-0.3, -0.25) is 0 Å². The summed E-state index contributed by atoms with van der Waals surface area (Å²) in [5.41, 5.74) is 1.03. The lowest BCUT2D eigenvalue weighted by Gasteiger charge is -2.37. The van der Waals surface area contributed by atoms with E-state index in [4.69, 9.17) is 11.6 Å². The Bertz CT molecular complexity index is 828. The maximum absolute atomic E-state index is 5.87. The summed E-state index contributed by atoms with van der Waals surface area (Å²) in [4.78, 5) is 22.0. The van der Waals surface area contributed by atoms with Gasteiger partial charge in [0.05, 0.1) is 27.6 Å². The topological polar surface area (TPSA) is 58.0 Å². The molecule has 8 heteroatoms. The first kappa shape index (κ1) is 15.5. The van der Waals surface area contributed by atoms with Crippen molar-refractivity contribution in [3.05, 3.63) is 35.2 Å². The molecule has 6 nitrogen and oxygen atoms in total. The number of anilines is 2. The summed E-state index contributed by atoms with van der Waals surface area (Å²) in [6, 6.07) is 2.46. The third-order valence-corrected chi connectivity index (χ3v) is 5.55. The summed E-state index contributed by atoms with van der Waals surface area (Å²) in [6.07, 6.45) is 7.02. The zero-order chi connectivity index (χ0) is 16.5. The minimum absolute atomic E-state index is 0.420. The minimum Gasteiger partial charge on any atom is -0.355 e. The Morgan fingerprint density at radius 2 is 1.92 bits per heavy atom. The number of thiophene rings is 1. The number of halogens is 1. The van der Waals surface area contributed by atoms with E-state index in [2.05, 4.69) is 35.1 Å². The third-order valence-electron chi connectivity index (χ3n) is 4.46. The molecule has 3 aromatic rings. The molecule has 0 spiro atoms. The molecule has 4 rings (SSSR count). The van der Waals surface area contributed by atoms with E-state index in [9.17, 15) is 0 Å². The lowest BCUT2D eigenvalue weighted by Crippen LogP contribution is -2.44. The molecular formula is C16H17ClN6S. The molecule has 0 N–H and O–H groups in total. The monoisotopic (exact) mass is 360 g/mol. The van der Waals surface area contributed by atoms with Crippen LogP contribution in [0.3, 0.4) is 0 Å². The first-order valence-electron chi connectivity index (χ1n) is 7.86. The highest BCUT2D eigenvalue weighted by Gasteiger charge is 2.25. The van der Waals surface area contributed by atoms with Gasteiger partial charge in [0, 0.05) is 26.2 Å². The molecule has 1 saturated heterocycles. The maximum atomic E-state index is 5.87. The van der Waals surface area contributed by atoms with E-state index in [1.807, 2.05) is 13.1 Å². The third kappa shape index (κ3) is 2.89. The smallest absolute Gasteiger partial charge is 0.225 e. The van der Waals surface area contributed by atoms with Gasteiger partial charge < -0.3 is 9.80 Å². The zero-order valence-corrected chi connectivity index (χ0v) is 14.8. The fourth-order valence-electron chi connectivity index (χ4n) is 3.12. The van der Waals surface area contributed by atoms with Gasteiger partial charge in [0.1, 0.15) is 12.1 Å². The van der Waals surface area contributed by atoms with Crippen molar-refractivity contribution < 1.29 is 0 Å². The average molecular weight is 361 g/mol. The molecule has 3 aromatic heterocycles. The second-order valence-corrected chi connectivity index (χ2v) is 7.22. The second kappa shape index (κ2) is 6.49. The van der Waals surface area contributed by atoms with E-state index in [0.717, 1.165) is 43.2 Å². The van der Waals surface area contributed by atoms with Gasteiger partial charge in [0.25, 0.3) is 0 Å². The summed E-state index contributed by atoms with van der Waals surface area (Å²) < 4.78 is 1.17. The van der Waals surface area contributed by atoms with Crippen molar-refractivity contribution in [2.24, 2.45) is 0 Å². The van der Waals surface area contributed by atoms with Crippen LogP contribution < -0.4 is 9.80 Å². The lowest BCUT2D eigenvalue weighted by molar-refractivity contribution is 0.476. The van der Waals surface area contributed by atoms with Gasteiger partial charge in [-0.25, -0.2) is 19.9 Å². The van der Waals surface area contributed by atoms with Crippen LogP contribution in [-0.2, 0) is 0 Å². The highest BCUT2D eigenvalue weighted by Crippen LogP contribution is 2.30. The molecule has 0 aliphatic carbocycles. The van der Waals surface area contributed by atoms with Crippen molar-refractivity contribution in [3.8, 4) is 0 Å². The molecule has 0 aromatic carbocycles. The fraction of sp³-hybridized carbons (Fsp3) is 0.375. The SMILES string of the molecule is CN(c1ncc(Cl)cn1)C1CCN(c2ncnc3ccsc23)CC1. The highest BCUT2D eigenvalue weighted by atomic mass is 35.5. The van der Waals surface area contributed by atoms with Gasteiger partial charge in [-0.1, -0.05) is 11.6 Å². The van der Waals surface area contributed by atoms with Crippen molar-refractivity contribution in [3.63, 3.8) is 0 Å². The number of aromatic nitrogens is 4. The predicted octanol–water partition coefficient (Wildman–Crippen LogP) is 3.24. The number of hydrogen-bond acceptors (Lipinski definition) is 7. The summed E-state index contributed by atoms with van der Waals surface area (Å²) >= 11 is 7.57. The average Bonchev–Trinajstić information content (AvgIpc) is 3.11. The van der Waals surface area contributed by atoms with Gasteiger partial charge in [-0.2, -0.15) is 0 Å². The first-order chi connectivity index (χ1) is 11.7. The van der Waals surface area contributed by atoms with Crippen LogP contribution in [0.5, 0.6) is 0 Å². The van der Waals surface area contributed by atoms with Gasteiger partial charge in [-0.15, -0.1) is 11.3 Å². The number of rotatable bonds is 3. The van der Waals surface area contributed by atoms with E-state index in [1.165, 1.54) is 4.70 Å². The van der Waals surface area contributed by atoms with Crippen molar-refractivity contribution >= 4 is 44.9 Å². The van der Waals surface area contributed by atoms with Gasteiger partial charge in [0.2, 0.25) is 5.95 Å². The first-order valence-corrected chi connectivity index (χ1v) is 9.11. The van der Waals surface area contributed by atoms with Gasteiger partial charge in [-0.05, 0) is 24.3 Å². The Kier molecular flexibility index (Phi) is 4.20. The number of hydrogen-bond donors (Lipinski definition) is 0. The molecule has 124 valence electrons. The maximum Gasteiger partial charge on any atom is 0.225 e. The number of fused-ring (bicyclic) bond motifs is 1. The molecule has 0 radical (unpaired) electrons. The Morgan fingerprint density at radius 1 is 1.17 bits per heavy atom. The summed E-state index contributed by atoms with van der Waals surface area (Å²) in [5, 5.41) is 2.63. The molecule has 0 atom stereocenters. The molecule has 4 heterocycles. The molecule has 1 aliphatic rings. The molecule has 1 fully saturated rings. The van der Waals surface area contributed by atoms with Crippen LogP contribution in [0.4, 0.5) is 11.8 Å². The molecule has 1 aliphatic heterocycles. The van der Waals surface area contributed by atoms with Crippen LogP contribution in [0, 0.1) is 0 Å². The summed E-state index contributed by atoms with van der Waals surface area (Å²) in [6.45, 7) is 1.93. The normalized spacial score (nSPS) is 15.8. The highest BCUT2D eigenvalue weighted by molar-refractivity contribution is 7.17. The quantitative estimate of drug-likeness (QED) is 0.714. The van der Waals surface area contributed by atoms with Crippen LogP contribution in [0.1, 0.15) is 12.8 Å². The lowest BCUT2D eigenvalue weighted by atomic mass is 10.0. The second-order valence-electron chi connectivity index (χ2n) is 5.86. The van der Waals surface area contributed by atoms with Crippen LogP contribution >= 0.6 is 22.9 Å². The van der Waals surface area contributed by atoms with Crippen LogP contribution in [0.2, 0.25) is 5.02 Å². The molecule has 0 saturated carbocycles. The van der Waals surface area contributed by atoms with Crippen LogP contribution in [0.25, 0.3) is 10.2 Å². The summed E-state index contributed by atoms with van der Waals surface area (Å²) in [7, 11) is 2.05. The fourth-order valence-corrected chi connectivity index (χ4v) is 4.08. The van der Waals surface area contributed by atoms with Crippen LogP contribution in [0.15, 0.2) is 30.2 Å². The Hall–Kier alpha value is -1.99.